The number of carbonyl (C=O) groups is 1. The van der Waals surface area contributed by atoms with E-state index in [-0.39, 0.29) is 37.9 Å². The highest BCUT2D eigenvalue weighted by Crippen LogP contribution is 2.38. The lowest BCUT2D eigenvalue weighted by Crippen LogP contribution is -2.73. The van der Waals surface area contributed by atoms with Gasteiger partial charge in [0, 0.05) is 6.04 Å². The Balaban J connectivity index is 1.71. The molecule has 1 amide bonds. The predicted molar refractivity (Wildman–Crippen MR) is 103 cm³/mol. The molecule has 1 aromatic rings. The number of aliphatic hydroxyl groups is 2. The lowest BCUT2D eigenvalue weighted by molar-refractivity contribution is -0.158. The molecule has 3 rings (SSSR count). The number of ether oxygens (including phenoxy) is 1. The van der Waals surface area contributed by atoms with Crippen molar-refractivity contribution in [2.75, 3.05) is 26.2 Å². The fraction of sp³-hybridized carbons (Fsp3) is 0.667. The van der Waals surface area contributed by atoms with Crippen LogP contribution < -0.4 is 0 Å². The van der Waals surface area contributed by atoms with Crippen molar-refractivity contribution in [2.45, 2.75) is 63.3 Å². The lowest BCUT2D eigenvalue weighted by Gasteiger charge is -2.55. The van der Waals surface area contributed by atoms with E-state index in [0.717, 1.165) is 31.4 Å². The van der Waals surface area contributed by atoms with Crippen molar-refractivity contribution in [3.8, 4) is 0 Å². The van der Waals surface area contributed by atoms with Gasteiger partial charge in [0.25, 0.3) is 0 Å². The molecule has 0 aromatic heterocycles. The minimum absolute atomic E-state index is 0.00632. The van der Waals surface area contributed by atoms with Gasteiger partial charge in [-0.2, -0.15) is 0 Å². The van der Waals surface area contributed by atoms with Crippen molar-refractivity contribution in [2.24, 2.45) is 0 Å². The monoisotopic (exact) mass is 376 g/mol. The SMILES string of the molecule is CC(C)(C)OC(=O)N1CC(O)([C@@H]2CCCCN2C(CO)c2ccccc2)C1. The Morgan fingerprint density at radius 1 is 1.26 bits per heavy atom. The summed E-state index contributed by atoms with van der Waals surface area (Å²) in [5.74, 6) is 0. The van der Waals surface area contributed by atoms with E-state index < -0.39 is 11.2 Å². The van der Waals surface area contributed by atoms with E-state index in [1.807, 2.05) is 51.1 Å². The summed E-state index contributed by atoms with van der Waals surface area (Å²) in [6.07, 6.45) is 2.58. The van der Waals surface area contributed by atoms with Gasteiger partial charge in [0.15, 0.2) is 0 Å². The molecular weight excluding hydrogens is 344 g/mol. The minimum atomic E-state index is -0.959. The minimum Gasteiger partial charge on any atom is -0.444 e. The first kappa shape index (κ1) is 20.1. The van der Waals surface area contributed by atoms with Crippen molar-refractivity contribution in [1.82, 2.24) is 9.80 Å². The van der Waals surface area contributed by atoms with Crippen molar-refractivity contribution < 1.29 is 19.7 Å². The number of amides is 1. The summed E-state index contributed by atoms with van der Waals surface area (Å²) >= 11 is 0. The van der Waals surface area contributed by atoms with Crippen molar-refractivity contribution in [1.29, 1.82) is 0 Å². The standard InChI is InChI=1S/C21H32N2O4/c1-20(2,3)27-19(25)22-14-21(26,15-22)18-11-7-8-12-23(18)17(13-24)16-9-5-4-6-10-16/h4-6,9-10,17-18,24,26H,7-8,11-15H2,1-3H3/t17?,18-/m0/s1. The van der Waals surface area contributed by atoms with E-state index in [4.69, 9.17) is 4.74 Å². The zero-order valence-electron chi connectivity index (χ0n) is 16.6. The number of likely N-dealkylation sites (tertiary alicyclic amines) is 2. The molecule has 2 aliphatic rings. The van der Waals surface area contributed by atoms with Gasteiger partial charge in [0.2, 0.25) is 0 Å². The maximum atomic E-state index is 12.2. The van der Waals surface area contributed by atoms with Crippen LogP contribution in [-0.2, 0) is 4.74 Å². The van der Waals surface area contributed by atoms with Crippen LogP contribution in [0.2, 0.25) is 0 Å². The number of β-amino-alcohol motifs (C(OH)–C–C–N with tert-alkyl or cyclic N) is 1. The fourth-order valence-corrected chi connectivity index (χ4v) is 4.26. The third-order valence-electron chi connectivity index (χ3n) is 5.50. The molecule has 2 fully saturated rings. The zero-order chi connectivity index (χ0) is 19.7. The van der Waals surface area contributed by atoms with Crippen LogP contribution in [0.15, 0.2) is 30.3 Å². The van der Waals surface area contributed by atoms with Gasteiger partial charge in [0.05, 0.1) is 25.7 Å². The molecule has 2 atom stereocenters. The molecule has 2 N–H and O–H groups in total. The summed E-state index contributed by atoms with van der Waals surface area (Å²) in [5.41, 5.74) is -0.449. The highest BCUT2D eigenvalue weighted by molar-refractivity contribution is 5.69. The van der Waals surface area contributed by atoms with Crippen molar-refractivity contribution in [3.05, 3.63) is 35.9 Å². The van der Waals surface area contributed by atoms with E-state index in [9.17, 15) is 15.0 Å². The number of aliphatic hydroxyl groups excluding tert-OH is 1. The Morgan fingerprint density at radius 3 is 2.52 bits per heavy atom. The van der Waals surface area contributed by atoms with Crippen LogP contribution in [0, 0.1) is 0 Å². The van der Waals surface area contributed by atoms with Crippen LogP contribution in [0.1, 0.15) is 51.6 Å². The van der Waals surface area contributed by atoms with E-state index in [1.54, 1.807) is 4.90 Å². The Labute approximate surface area is 161 Å². The molecular formula is C21H32N2O4. The molecule has 1 unspecified atom stereocenters. The number of nitrogens with zero attached hydrogens (tertiary/aromatic N) is 2. The Bertz CT molecular complexity index is 637. The number of hydrogen-bond donors (Lipinski definition) is 2. The molecule has 0 bridgehead atoms. The van der Waals surface area contributed by atoms with Crippen LogP contribution in [0.3, 0.4) is 0 Å². The number of carbonyl (C=O) groups excluding carboxylic acids is 1. The maximum Gasteiger partial charge on any atom is 0.410 e. The highest BCUT2D eigenvalue weighted by atomic mass is 16.6. The fourth-order valence-electron chi connectivity index (χ4n) is 4.26. The highest BCUT2D eigenvalue weighted by Gasteiger charge is 2.53. The number of rotatable bonds is 4. The van der Waals surface area contributed by atoms with Crippen LogP contribution in [0.5, 0.6) is 0 Å². The molecule has 2 aliphatic heterocycles. The van der Waals surface area contributed by atoms with Crippen LogP contribution in [0.4, 0.5) is 4.79 Å². The van der Waals surface area contributed by atoms with Crippen molar-refractivity contribution in [3.63, 3.8) is 0 Å². The molecule has 6 nitrogen and oxygen atoms in total. The Kier molecular flexibility index (Phi) is 5.79. The molecule has 0 aliphatic carbocycles. The zero-order valence-corrected chi connectivity index (χ0v) is 16.6. The molecule has 150 valence electrons. The van der Waals surface area contributed by atoms with Gasteiger partial charge in [-0.3, -0.25) is 4.90 Å². The average Bonchev–Trinajstić information content (AvgIpc) is 2.59. The van der Waals surface area contributed by atoms with Crippen LogP contribution in [0.25, 0.3) is 0 Å². The topological polar surface area (TPSA) is 73.2 Å². The first-order valence-corrected chi connectivity index (χ1v) is 9.85. The summed E-state index contributed by atoms with van der Waals surface area (Å²) < 4.78 is 5.41. The molecule has 2 heterocycles. The molecule has 6 heteroatoms. The first-order valence-electron chi connectivity index (χ1n) is 9.85. The third-order valence-corrected chi connectivity index (χ3v) is 5.50. The van der Waals surface area contributed by atoms with E-state index in [2.05, 4.69) is 4.90 Å². The smallest absolute Gasteiger partial charge is 0.410 e. The average molecular weight is 376 g/mol. The molecule has 1 aromatic carbocycles. The summed E-state index contributed by atoms with van der Waals surface area (Å²) in [7, 11) is 0. The molecule has 0 saturated carbocycles. The number of benzene rings is 1. The lowest BCUT2D eigenvalue weighted by atomic mass is 9.79. The second-order valence-corrected chi connectivity index (χ2v) is 8.80. The van der Waals surface area contributed by atoms with Crippen LogP contribution >= 0.6 is 0 Å². The normalized spacial score (nSPS) is 24.2. The third kappa shape index (κ3) is 4.45. The summed E-state index contributed by atoms with van der Waals surface area (Å²) in [4.78, 5) is 16.0. The van der Waals surface area contributed by atoms with Crippen LogP contribution in [-0.4, -0.2) is 69.6 Å². The molecule has 27 heavy (non-hydrogen) atoms. The van der Waals surface area contributed by atoms with Gasteiger partial charge >= 0.3 is 6.09 Å². The van der Waals surface area contributed by atoms with Gasteiger partial charge < -0.3 is 19.8 Å². The van der Waals surface area contributed by atoms with Crippen molar-refractivity contribution >= 4 is 6.09 Å². The van der Waals surface area contributed by atoms with Gasteiger partial charge in [0.1, 0.15) is 11.2 Å². The predicted octanol–water partition coefficient (Wildman–Crippen LogP) is 2.56. The summed E-state index contributed by atoms with van der Waals surface area (Å²) in [5, 5.41) is 21.3. The quantitative estimate of drug-likeness (QED) is 0.845. The van der Waals surface area contributed by atoms with Gasteiger partial charge in [-0.1, -0.05) is 36.8 Å². The number of hydrogen-bond acceptors (Lipinski definition) is 5. The van der Waals surface area contributed by atoms with Gasteiger partial charge in [-0.05, 0) is 45.7 Å². The largest absolute Gasteiger partial charge is 0.444 e. The van der Waals surface area contributed by atoms with E-state index in [1.165, 1.54) is 0 Å². The molecule has 2 saturated heterocycles. The van der Waals surface area contributed by atoms with E-state index >= 15 is 0 Å². The second-order valence-electron chi connectivity index (χ2n) is 8.80. The molecule has 0 radical (unpaired) electrons. The number of piperidine rings is 1. The van der Waals surface area contributed by atoms with E-state index in [0.29, 0.717) is 0 Å². The summed E-state index contributed by atoms with van der Waals surface area (Å²) in [6, 6.07) is 9.72. The Hall–Kier alpha value is -1.63. The second kappa shape index (κ2) is 7.78. The molecule has 0 spiro atoms. The van der Waals surface area contributed by atoms with Gasteiger partial charge in [-0.15, -0.1) is 0 Å². The van der Waals surface area contributed by atoms with Gasteiger partial charge in [-0.25, -0.2) is 4.79 Å². The first-order chi connectivity index (χ1) is 12.7. The summed E-state index contributed by atoms with van der Waals surface area (Å²) in [6.45, 7) is 6.90. The maximum absolute atomic E-state index is 12.2. The Morgan fingerprint density at radius 2 is 1.93 bits per heavy atom.